The molecule has 1 rings (SSSR count). The lowest BCUT2D eigenvalue weighted by atomic mass is 9.95. The highest BCUT2D eigenvalue weighted by Gasteiger charge is 2.26. The zero-order valence-corrected chi connectivity index (χ0v) is 11.8. The van der Waals surface area contributed by atoms with Gasteiger partial charge in [-0.1, -0.05) is 30.3 Å². The molecule has 0 N–H and O–H groups in total. The van der Waals surface area contributed by atoms with Crippen molar-refractivity contribution in [3.8, 4) is 0 Å². The summed E-state index contributed by atoms with van der Waals surface area (Å²) >= 11 is 0. The Labute approximate surface area is 114 Å². The summed E-state index contributed by atoms with van der Waals surface area (Å²) in [6.07, 6.45) is 0.0672. The maximum Gasteiger partial charge on any atom is 0.313 e. The zero-order chi connectivity index (χ0) is 14.1. The fraction of sp³-hybridized carbons (Fsp3) is 0.533. The van der Waals surface area contributed by atoms with Crippen LogP contribution in [0.1, 0.15) is 31.7 Å². The van der Waals surface area contributed by atoms with E-state index in [1.165, 1.54) is 7.11 Å². The molecule has 1 aromatic carbocycles. The Kier molecular flexibility index (Phi) is 7.15. The number of carbonyl (C=O) groups is 1. The Hall–Kier alpha value is -1.39. The van der Waals surface area contributed by atoms with Crippen LogP contribution in [-0.4, -0.2) is 32.6 Å². The molecule has 4 heteroatoms. The van der Waals surface area contributed by atoms with Gasteiger partial charge in [0.25, 0.3) is 0 Å². The molecule has 0 bridgehead atoms. The molecular weight excluding hydrogens is 244 g/mol. The predicted octanol–water partition coefficient (Wildman–Crippen LogP) is 2.73. The summed E-state index contributed by atoms with van der Waals surface area (Å²) in [5.74, 6) is -0.634. The van der Waals surface area contributed by atoms with Crippen molar-refractivity contribution < 1.29 is 19.0 Å². The van der Waals surface area contributed by atoms with Crippen LogP contribution in [0.25, 0.3) is 0 Å². The van der Waals surface area contributed by atoms with Crippen molar-refractivity contribution in [2.75, 3.05) is 20.3 Å². The molecule has 0 aliphatic heterocycles. The third-order valence-electron chi connectivity index (χ3n) is 2.82. The van der Waals surface area contributed by atoms with Crippen LogP contribution in [0.15, 0.2) is 30.3 Å². The van der Waals surface area contributed by atoms with E-state index < -0.39 is 0 Å². The molecule has 0 saturated carbocycles. The molecule has 0 aliphatic carbocycles. The first kappa shape index (κ1) is 15.7. The van der Waals surface area contributed by atoms with Gasteiger partial charge in [-0.25, -0.2) is 0 Å². The second-order valence-corrected chi connectivity index (χ2v) is 4.06. The lowest BCUT2D eigenvalue weighted by Crippen LogP contribution is -2.25. The van der Waals surface area contributed by atoms with Crippen LogP contribution in [0.2, 0.25) is 0 Å². The topological polar surface area (TPSA) is 44.8 Å². The van der Waals surface area contributed by atoms with Gasteiger partial charge in [-0.05, 0) is 19.4 Å². The van der Waals surface area contributed by atoms with Crippen molar-refractivity contribution in [1.29, 1.82) is 0 Å². The minimum atomic E-state index is -0.390. The fourth-order valence-electron chi connectivity index (χ4n) is 1.94. The van der Waals surface area contributed by atoms with Gasteiger partial charge in [0, 0.05) is 19.6 Å². The van der Waals surface area contributed by atoms with E-state index >= 15 is 0 Å². The second kappa shape index (κ2) is 8.67. The highest BCUT2D eigenvalue weighted by atomic mass is 16.7. The highest BCUT2D eigenvalue weighted by Crippen LogP contribution is 2.24. The van der Waals surface area contributed by atoms with Gasteiger partial charge in [0.15, 0.2) is 6.29 Å². The molecule has 0 amide bonds. The predicted molar refractivity (Wildman–Crippen MR) is 72.9 cm³/mol. The molecule has 1 unspecified atom stereocenters. The van der Waals surface area contributed by atoms with Gasteiger partial charge < -0.3 is 14.2 Å². The first-order valence-electron chi connectivity index (χ1n) is 6.58. The van der Waals surface area contributed by atoms with E-state index in [-0.39, 0.29) is 18.2 Å². The van der Waals surface area contributed by atoms with E-state index in [2.05, 4.69) is 0 Å². The summed E-state index contributed by atoms with van der Waals surface area (Å²) in [6.45, 7) is 4.91. The molecule has 0 spiro atoms. The minimum Gasteiger partial charge on any atom is -0.469 e. The van der Waals surface area contributed by atoms with Crippen LogP contribution in [0.4, 0.5) is 0 Å². The molecule has 0 saturated heterocycles. The number of methoxy groups -OCH3 is 1. The van der Waals surface area contributed by atoms with Gasteiger partial charge in [0.1, 0.15) is 0 Å². The number of benzene rings is 1. The lowest BCUT2D eigenvalue weighted by Gasteiger charge is -2.22. The number of carbonyl (C=O) groups excluding carboxylic acids is 1. The van der Waals surface area contributed by atoms with E-state index in [9.17, 15) is 4.79 Å². The average Bonchev–Trinajstić information content (AvgIpc) is 2.45. The number of esters is 1. The third kappa shape index (κ3) is 5.01. The van der Waals surface area contributed by atoms with E-state index in [4.69, 9.17) is 14.2 Å². The summed E-state index contributed by atoms with van der Waals surface area (Å²) in [5, 5.41) is 0. The standard InChI is InChI=1S/C15H22O4/c1-4-18-14(19-5-2)11-13(15(16)17-3)12-9-7-6-8-10-12/h6-10,13-14H,4-5,11H2,1-3H3. The largest absolute Gasteiger partial charge is 0.469 e. The van der Waals surface area contributed by atoms with Gasteiger partial charge in [0.05, 0.1) is 13.0 Å². The fourth-order valence-corrected chi connectivity index (χ4v) is 1.94. The van der Waals surface area contributed by atoms with Gasteiger partial charge in [0.2, 0.25) is 0 Å². The normalized spacial score (nSPS) is 12.4. The van der Waals surface area contributed by atoms with E-state index in [1.807, 2.05) is 44.2 Å². The van der Waals surface area contributed by atoms with Crippen LogP contribution in [0.3, 0.4) is 0 Å². The van der Waals surface area contributed by atoms with Gasteiger partial charge >= 0.3 is 5.97 Å². The number of hydrogen-bond acceptors (Lipinski definition) is 4. The molecule has 0 radical (unpaired) electrons. The second-order valence-electron chi connectivity index (χ2n) is 4.06. The SMILES string of the molecule is CCOC(CC(C(=O)OC)c1ccccc1)OCC. The molecule has 1 atom stereocenters. The molecular formula is C15H22O4. The maximum atomic E-state index is 11.9. The van der Waals surface area contributed by atoms with Gasteiger partial charge in [-0.3, -0.25) is 4.79 Å². The summed E-state index contributed by atoms with van der Waals surface area (Å²) in [7, 11) is 1.40. The van der Waals surface area contributed by atoms with Gasteiger partial charge in [-0.15, -0.1) is 0 Å². The quantitative estimate of drug-likeness (QED) is 0.536. The molecule has 19 heavy (non-hydrogen) atoms. The van der Waals surface area contributed by atoms with Crippen LogP contribution in [-0.2, 0) is 19.0 Å². The Morgan fingerprint density at radius 3 is 2.16 bits per heavy atom. The lowest BCUT2D eigenvalue weighted by molar-refractivity contribution is -0.157. The van der Waals surface area contributed by atoms with Crippen molar-refractivity contribution in [3.63, 3.8) is 0 Å². The van der Waals surface area contributed by atoms with E-state index in [0.29, 0.717) is 19.6 Å². The van der Waals surface area contributed by atoms with Crippen molar-refractivity contribution >= 4 is 5.97 Å². The van der Waals surface area contributed by atoms with Crippen LogP contribution in [0, 0.1) is 0 Å². The van der Waals surface area contributed by atoms with Crippen molar-refractivity contribution in [2.45, 2.75) is 32.5 Å². The molecule has 0 heterocycles. The Morgan fingerprint density at radius 1 is 1.11 bits per heavy atom. The summed E-state index contributed by atoms with van der Waals surface area (Å²) < 4.78 is 15.9. The molecule has 0 aliphatic rings. The molecule has 4 nitrogen and oxygen atoms in total. The van der Waals surface area contributed by atoms with Crippen LogP contribution >= 0.6 is 0 Å². The van der Waals surface area contributed by atoms with E-state index in [1.54, 1.807) is 0 Å². The van der Waals surface area contributed by atoms with Crippen molar-refractivity contribution in [3.05, 3.63) is 35.9 Å². The molecule has 0 fully saturated rings. The third-order valence-corrected chi connectivity index (χ3v) is 2.82. The van der Waals surface area contributed by atoms with Crippen LogP contribution in [0.5, 0.6) is 0 Å². The molecule has 106 valence electrons. The zero-order valence-electron chi connectivity index (χ0n) is 11.8. The average molecular weight is 266 g/mol. The first-order chi connectivity index (χ1) is 9.22. The minimum absolute atomic E-state index is 0.268. The number of hydrogen-bond donors (Lipinski definition) is 0. The first-order valence-corrected chi connectivity index (χ1v) is 6.58. The number of ether oxygens (including phenoxy) is 3. The Morgan fingerprint density at radius 2 is 1.68 bits per heavy atom. The molecule has 1 aromatic rings. The Balaban J connectivity index is 2.82. The van der Waals surface area contributed by atoms with Crippen molar-refractivity contribution in [2.24, 2.45) is 0 Å². The smallest absolute Gasteiger partial charge is 0.313 e. The highest BCUT2D eigenvalue weighted by molar-refractivity contribution is 5.78. The van der Waals surface area contributed by atoms with E-state index in [0.717, 1.165) is 5.56 Å². The Bertz CT molecular complexity index is 358. The molecule has 0 aromatic heterocycles. The summed E-state index contributed by atoms with van der Waals surface area (Å²) in [5.41, 5.74) is 0.916. The van der Waals surface area contributed by atoms with Crippen LogP contribution < -0.4 is 0 Å². The monoisotopic (exact) mass is 266 g/mol. The van der Waals surface area contributed by atoms with Gasteiger partial charge in [-0.2, -0.15) is 0 Å². The van der Waals surface area contributed by atoms with Crippen molar-refractivity contribution in [1.82, 2.24) is 0 Å². The maximum absolute atomic E-state index is 11.9. The summed E-state index contributed by atoms with van der Waals surface area (Å²) in [6, 6.07) is 9.55. The number of rotatable bonds is 8. The summed E-state index contributed by atoms with van der Waals surface area (Å²) in [4.78, 5) is 11.9.